The molecule has 2 heterocycles. The maximum atomic E-state index is 12.4. The van der Waals surface area contributed by atoms with Gasteiger partial charge < -0.3 is 9.67 Å². The molecule has 0 atom stereocenters. The lowest BCUT2D eigenvalue weighted by atomic mass is 10.0. The summed E-state index contributed by atoms with van der Waals surface area (Å²) in [4.78, 5) is 14.8. The number of aromatic nitrogens is 1. The van der Waals surface area contributed by atoms with Crippen molar-refractivity contribution >= 4 is 0 Å². The molecule has 0 unspecified atom stereocenters. The van der Waals surface area contributed by atoms with Crippen LogP contribution in [0.4, 0.5) is 0 Å². The van der Waals surface area contributed by atoms with E-state index in [0.29, 0.717) is 11.5 Å². The predicted octanol–water partition coefficient (Wildman–Crippen LogP) is 1.76. The second-order valence-corrected chi connectivity index (χ2v) is 6.06. The van der Waals surface area contributed by atoms with E-state index in [4.69, 9.17) is 0 Å². The van der Waals surface area contributed by atoms with Crippen LogP contribution in [0.1, 0.15) is 44.0 Å². The number of aliphatic hydroxyl groups is 1. The minimum atomic E-state index is -0.167. The van der Waals surface area contributed by atoms with Crippen molar-refractivity contribution < 1.29 is 5.11 Å². The van der Waals surface area contributed by atoms with Crippen LogP contribution in [0.15, 0.2) is 10.9 Å². The number of hydrogen-bond acceptors (Lipinski definition) is 3. The highest BCUT2D eigenvalue weighted by Gasteiger charge is 2.20. The lowest BCUT2D eigenvalue weighted by Gasteiger charge is -2.30. The van der Waals surface area contributed by atoms with Gasteiger partial charge >= 0.3 is 0 Å². The second-order valence-electron chi connectivity index (χ2n) is 6.06. The van der Waals surface area contributed by atoms with Crippen LogP contribution >= 0.6 is 0 Å². The molecule has 0 saturated heterocycles. The van der Waals surface area contributed by atoms with Gasteiger partial charge in [0.25, 0.3) is 5.56 Å². The Kier molecular flexibility index (Phi) is 5.00. The molecule has 20 heavy (non-hydrogen) atoms. The molecule has 1 N–H and O–H groups in total. The SMILES string of the molecule is CCN1CCc2c(cc(CO)c(=O)n2CCC(C)C)C1. The highest BCUT2D eigenvalue weighted by molar-refractivity contribution is 5.28. The highest BCUT2D eigenvalue weighted by atomic mass is 16.3. The van der Waals surface area contributed by atoms with Gasteiger partial charge in [-0.3, -0.25) is 9.69 Å². The lowest BCUT2D eigenvalue weighted by molar-refractivity contribution is 0.256. The Labute approximate surface area is 121 Å². The van der Waals surface area contributed by atoms with Crippen molar-refractivity contribution in [2.24, 2.45) is 5.92 Å². The molecule has 0 aromatic carbocycles. The molecule has 0 saturated carbocycles. The summed E-state index contributed by atoms with van der Waals surface area (Å²) in [5.74, 6) is 0.575. The van der Waals surface area contributed by atoms with Crippen LogP contribution in [0, 0.1) is 5.92 Å². The fourth-order valence-electron chi connectivity index (χ4n) is 2.85. The third-order valence-corrected chi connectivity index (χ3v) is 4.17. The minimum Gasteiger partial charge on any atom is -0.391 e. The Balaban J connectivity index is 2.41. The van der Waals surface area contributed by atoms with Gasteiger partial charge in [-0.15, -0.1) is 0 Å². The van der Waals surface area contributed by atoms with E-state index >= 15 is 0 Å². The molecule has 1 aliphatic rings. The summed E-state index contributed by atoms with van der Waals surface area (Å²) in [6, 6.07) is 1.91. The predicted molar refractivity (Wildman–Crippen MR) is 80.7 cm³/mol. The third kappa shape index (κ3) is 3.13. The first-order valence-corrected chi connectivity index (χ1v) is 7.64. The first-order chi connectivity index (χ1) is 9.56. The number of pyridine rings is 1. The van der Waals surface area contributed by atoms with Crippen molar-refractivity contribution in [2.45, 2.75) is 53.3 Å². The Bertz CT molecular complexity index is 520. The zero-order chi connectivity index (χ0) is 14.7. The van der Waals surface area contributed by atoms with Crippen LogP contribution < -0.4 is 5.56 Å². The van der Waals surface area contributed by atoms with Gasteiger partial charge in [0.2, 0.25) is 0 Å². The third-order valence-electron chi connectivity index (χ3n) is 4.17. The summed E-state index contributed by atoms with van der Waals surface area (Å²) in [6.45, 7) is 10.0. The summed E-state index contributed by atoms with van der Waals surface area (Å²) in [6.07, 6.45) is 1.93. The van der Waals surface area contributed by atoms with Crippen LogP contribution in [0.5, 0.6) is 0 Å². The summed E-state index contributed by atoms with van der Waals surface area (Å²) >= 11 is 0. The van der Waals surface area contributed by atoms with Gasteiger partial charge in [0.05, 0.1) is 6.61 Å². The van der Waals surface area contributed by atoms with Crippen LogP contribution in [0.2, 0.25) is 0 Å². The van der Waals surface area contributed by atoms with Crippen molar-refractivity contribution in [3.63, 3.8) is 0 Å². The topological polar surface area (TPSA) is 45.5 Å². The van der Waals surface area contributed by atoms with E-state index in [2.05, 4.69) is 25.7 Å². The Morgan fingerprint density at radius 3 is 2.75 bits per heavy atom. The lowest BCUT2D eigenvalue weighted by Crippen LogP contribution is -2.37. The Hall–Kier alpha value is -1.13. The number of fused-ring (bicyclic) bond motifs is 1. The average molecular weight is 278 g/mol. The van der Waals surface area contributed by atoms with E-state index in [1.54, 1.807) is 0 Å². The largest absolute Gasteiger partial charge is 0.391 e. The molecule has 0 aliphatic carbocycles. The summed E-state index contributed by atoms with van der Waals surface area (Å²) in [7, 11) is 0. The van der Waals surface area contributed by atoms with Gasteiger partial charge in [0.15, 0.2) is 0 Å². The molecule has 0 amide bonds. The first-order valence-electron chi connectivity index (χ1n) is 7.64. The molecule has 1 aliphatic heterocycles. The van der Waals surface area contributed by atoms with Gasteiger partial charge in [-0.25, -0.2) is 0 Å². The van der Waals surface area contributed by atoms with Crippen LogP contribution in [0.3, 0.4) is 0 Å². The number of hydrogen-bond donors (Lipinski definition) is 1. The standard InChI is InChI=1S/C16H26N2O2/c1-4-17-7-6-15-13(10-17)9-14(11-19)16(20)18(15)8-5-12(2)3/h9,12,19H,4-8,10-11H2,1-3H3. The van der Waals surface area contributed by atoms with Crippen molar-refractivity contribution in [1.82, 2.24) is 9.47 Å². The van der Waals surface area contributed by atoms with Crippen molar-refractivity contribution in [3.8, 4) is 0 Å². The van der Waals surface area contributed by atoms with Crippen molar-refractivity contribution in [3.05, 3.63) is 33.2 Å². The molecule has 2 rings (SSSR count). The number of rotatable bonds is 5. The molecule has 0 fully saturated rings. The molecule has 4 heteroatoms. The van der Waals surface area contributed by atoms with E-state index in [0.717, 1.165) is 39.0 Å². The van der Waals surface area contributed by atoms with Crippen LogP contribution in [-0.4, -0.2) is 27.7 Å². The summed E-state index contributed by atoms with van der Waals surface area (Å²) < 4.78 is 1.91. The molecule has 1 aromatic rings. The molecule has 1 aromatic heterocycles. The fraction of sp³-hybridized carbons (Fsp3) is 0.688. The van der Waals surface area contributed by atoms with Gasteiger partial charge in [-0.2, -0.15) is 0 Å². The van der Waals surface area contributed by atoms with Crippen molar-refractivity contribution in [2.75, 3.05) is 13.1 Å². The van der Waals surface area contributed by atoms with E-state index in [1.807, 2.05) is 10.6 Å². The summed E-state index contributed by atoms with van der Waals surface area (Å²) in [5.41, 5.74) is 2.92. The van der Waals surface area contributed by atoms with E-state index in [-0.39, 0.29) is 12.2 Å². The molecule has 0 bridgehead atoms. The number of nitrogens with zero attached hydrogens (tertiary/aromatic N) is 2. The van der Waals surface area contributed by atoms with Gasteiger partial charge in [-0.1, -0.05) is 20.8 Å². The maximum Gasteiger partial charge on any atom is 0.256 e. The van der Waals surface area contributed by atoms with Crippen molar-refractivity contribution in [1.29, 1.82) is 0 Å². The molecule has 4 nitrogen and oxygen atoms in total. The monoisotopic (exact) mass is 278 g/mol. The van der Waals surface area contributed by atoms with Gasteiger partial charge in [-0.05, 0) is 30.5 Å². The Morgan fingerprint density at radius 1 is 1.40 bits per heavy atom. The summed E-state index contributed by atoms with van der Waals surface area (Å²) in [5, 5.41) is 9.42. The second kappa shape index (κ2) is 6.55. The highest BCUT2D eigenvalue weighted by Crippen LogP contribution is 2.19. The van der Waals surface area contributed by atoms with E-state index in [9.17, 15) is 9.90 Å². The van der Waals surface area contributed by atoms with E-state index in [1.165, 1.54) is 11.3 Å². The molecule has 0 radical (unpaired) electrons. The van der Waals surface area contributed by atoms with Gasteiger partial charge in [0, 0.05) is 37.3 Å². The maximum absolute atomic E-state index is 12.4. The van der Waals surface area contributed by atoms with Gasteiger partial charge in [0.1, 0.15) is 0 Å². The zero-order valence-corrected chi connectivity index (χ0v) is 12.9. The molecular weight excluding hydrogens is 252 g/mol. The first kappa shape index (κ1) is 15.3. The normalized spacial score (nSPS) is 15.7. The zero-order valence-electron chi connectivity index (χ0n) is 12.9. The quantitative estimate of drug-likeness (QED) is 0.893. The molecule has 112 valence electrons. The fourth-order valence-corrected chi connectivity index (χ4v) is 2.85. The molecule has 0 spiro atoms. The minimum absolute atomic E-state index is 0.00292. The van der Waals surface area contributed by atoms with Crippen LogP contribution in [-0.2, 0) is 26.1 Å². The smallest absolute Gasteiger partial charge is 0.256 e. The number of likely N-dealkylation sites (N-methyl/N-ethyl adjacent to an activating group) is 1. The average Bonchev–Trinajstić information content (AvgIpc) is 2.44. The van der Waals surface area contributed by atoms with Crippen LogP contribution in [0.25, 0.3) is 0 Å². The number of aliphatic hydroxyl groups excluding tert-OH is 1. The van der Waals surface area contributed by atoms with E-state index < -0.39 is 0 Å². The Morgan fingerprint density at radius 2 is 2.15 bits per heavy atom. The molecular formula is C16H26N2O2.